The summed E-state index contributed by atoms with van der Waals surface area (Å²) in [4.78, 5) is 13.0. The number of anilines is 1. The fraction of sp³-hybridized carbons (Fsp3) is 0.417. The lowest BCUT2D eigenvalue weighted by Crippen LogP contribution is -2.06. The zero-order valence-electron chi connectivity index (χ0n) is 10.2. The fourth-order valence-electron chi connectivity index (χ4n) is 1.56. The van der Waals surface area contributed by atoms with Gasteiger partial charge in [0.15, 0.2) is 0 Å². The molecule has 5 nitrogen and oxygen atoms in total. The van der Waals surface area contributed by atoms with Crippen molar-refractivity contribution < 1.29 is 0 Å². The second kappa shape index (κ2) is 5.43. The molecule has 17 heavy (non-hydrogen) atoms. The van der Waals surface area contributed by atoms with Crippen LogP contribution in [0, 0.1) is 0 Å². The van der Waals surface area contributed by atoms with Gasteiger partial charge < -0.3 is 9.88 Å². The maximum Gasteiger partial charge on any atom is 0.144 e. The van der Waals surface area contributed by atoms with Gasteiger partial charge in [0.1, 0.15) is 11.6 Å². The minimum absolute atomic E-state index is 0.706. The number of rotatable bonds is 5. The SMILES string of the molecule is CCCNc1cncc(Cc2nccn2C)n1. The Morgan fingerprint density at radius 1 is 1.35 bits per heavy atom. The number of nitrogens with zero attached hydrogens (tertiary/aromatic N) is 4. The van der Waals surface area contributed by atoms with Crippen molar-refractivity contribution in [2.45, 2.75) is 19.8 Å². The van der Waals surface area contributed by atoms with Crippen molar-refractivity contribution in [3.05, 3.63) is 36.3 Å². The third-order valence-corrected chi connectivity index (χ3v) is 2.50. The smallest absolute Gasteiger partial charge is 0.144 e. The monoisotopic (exact) mass is 231 g/mol. The number of nitrogens with one attached hydrogen (secondary N) is 1. The van der Waals surface area contributed by atoms with Gasteiger partial charge in [-0.3, -0.25) is 4.98 Å². The quantitative estimate of drug-likeness (QED) is 0.849. The Labute approximate surface area is 101 Å². The summed E-state index contributed by atoms with van der Waals surface area (Å²) < 4.78 is 1.99. The summed E-state index contributed by atoms with van der Waals surface area (Å²) in [6.45, 7) is 3.04. The van der Waals surface area contributed by atoms with Crippen LogP contribution in [0.4, 0.5) is 5.82 Å². The lowest BCUT2D eigenvalue weighted by molar-refractivity contribution is 0.808. The van der Waals surface area contributed by atoms with E-state index in [1.807, 2.05) is 17.8 Å². The minimum Gasteiger partial charge on any atom is -0.369 e. The van der Waals surface area contributed by atoms with Gasteiger partial charge >= 0.3 is 0 Å². The van der Waals surface area contributed by atoms with Crippen molar-refractivity contribution in [2.75, 3.05) is 11.9 Å². The van der Waals surface area contributed by atoms with Gasteiger partial charge in [0.2, 0.25) is 0 Å². The van der Waals surface area contributed by atoms with E-state index in [9.17, 15) is 0 Å². The predicted molar refractivity (Wildman–Crippen MR) is 66.8 cm³/mol. The summed E-state index contributed by atoms with van der Waals surface area (Å²) in [6, 6.07) is 0. The van der Waals surface area contributed by atoms with Crippen LogP contribution < -0.4 is 5.32 Å². The van der Waals surface area contributed by atoms with E-state index in [-0.39, 0.29) is 0 Å². The van der Waals surface area contributed by atoms with E-state index in [1.54, 1.807) is 18.6 Å². The molecule has 0 aliphatic carbocycles. The van der Waals surface area contributed by atoms with Gasteiger partial charge in [0, 0.05) is 38.6 Å². The molecule has 1 N–H and O–H groups in total. The summed E-state index contributed by atoms with van der Waals surface area (Å²) in [5, 5.41) is 3.23. The van der Waals surface area contributed by atoms with Crippen LogP contribution in [0.2, 0.25) is 0 Å². The molecule has 0 radical (unpaired) electrons. The Morgan fingerprint density at radius 2 is 2.24 bits per heavy atom. The highest BCUT2D eigenvalue weighted by Gasteiger charge is 2.03. The molecule has 2 heterocycles. The number of aryl methyl sites for hydroxylation is 1. The second-order valence-corrected chi connectivity index (χ2v) is 3.95. The lowest BCUT2D eigenvalue weighted by atomic mass is 10.3. The van der Waals surface area contributed by atoms with Gasteiger partial charge in [-0.05, 0) is 6.42 Å². The van der Waals surface area contributed by atoms with E-state index in [0.717, 1.165) is 30.3 Å². The van der Waals surface area contributed by atoms with Crippen LogP contribution >= 0.6 is 0 Å². The fourth-order valence-corrected chi connectivity index (χ4v) is 1.56. The largest absolute Gasteiger partial charge is 0.369 e. The van der Waals surface area contributed by atoms with Crippen LogP contribution in [0.5, 0.6) is 0 Å². The number of imidazole rings is 1. The Kier molecular flexibility index (Phi) is 3.69. The topological polar surface area (TPSA) is 55.6 Å². The molecule has 90 valence electrons. The van der Waals surface area contributed by atoms with Gasteiger partial charge in [0.25, 0.3) is 0 Å². The van der Waals surface area contributed by atoms with Crippen molar-refractivity contribution in [1.29, 1.82) is 0 Å². The number of hydrogen-bond donors (Lipinski definition) is 1. The molecule has 0 amide bonds. The van der Waals surface area contributed by atoms with Crippen molar-refractivity contribution in [1.82, 2.24) is 19.5 Å². The van der Waals surface area contributed by atoms with Gasteiger partial charge in [0.05, 0.1) is 11.9 Å². The average Bonchev–Trinajstić information content (AvgIpc) is 2.73. The summed E-state index contributed by atoms with van der Waals surface area (Å²) in [6.07, 6.45) is 9.04. The molecule has 2 aromatic rings. The molecule has 0 spiro atoms. The number of aromatic nitrogens is 4. The molecule has 2 rings (SSSR count). The maximum atomic E-state index is 4.50. The molecular formula is C12H17N5. The molecule has 5 heteroatoms. The molecule has 0 aliphatic heterocycles. The van der Waals surface area contributed by atoms with Gasteiger partial charge in [-0.1, -0.05) is 6.92 Å². The Bertz CT molecular complexity index is 477. The van der Waals surface area contributed by atoms with Crippen LogP contribution in [-0.2, 0) is 13.5 Å². The standard InChI is InChI=1S/C12H17N5/c1-3-4-14-11-9-13-8-10(16-11)7-12-15-5-6-17(12)2/h5-6,8-9H,3-4,7H2,1-2H3,(H,14,16). The van der Waals surface area contributed by atoms with E-state index in [2.05, 4.69) is 27.2 Å². The van der Waals surface area contributed by atoms with Crippen LogP contribution in [-0.4, -0.2) is 26.1 Å². The summed E-state index contributed by atoms with van der Waals surface area (Å²) in [5.74, 6) is 1.82. The third kappa shape index (κ3) is 3.03. The summed E-state index contributed by atoms with van der Waals surface area (Å²) >= 11 is 0. The van der Waals surface area contributed by atoms with Crippen molar-refractivity contribution >= 4 is 5.82 Å². The van der Waals surface area contributed by atoms with E-state index < -0.39 is 0 Å². The molecule has 0 bridgehead atoms. The minimum atomic E-state index is 0.706. The first-order valence-corrected chi connectivity index (χ1v) is 5.80. The lowest BCUT2D eigenvalue weighted by Gasteiger charge is -2.05. The van der Waals surface area contributed by atoms with Crippen molar-refractivity contribution in [3.63, 3.8) is 0 Å². The first-order chi connectivity index (χ1) is 8.29. The number of hydrogen-bond acceptors (Lipinski definition) is 4. The first-order valence-electron chi connectivity index (χ1n) is 5.80. The van der Waals surface area contributed by atoms with E-state index in [1.165, 1.54) is 0 Å². The van der Waals surface area contributed by atoms with Gasteiger partial charge in [-0.2, -0.15) is 0 Å². The van der Waals surface area contributed by atoms with Crippen LogP contribution in [0.3, 0.4) is 0 Å². The van der Waals surface area contributed by atoms with Crippen LogP contribution in [0.1, 0.15) is 24.9 Å². The molecule has 0 aliphatic rings. The molecule has 0 saturated carbocycles. The summed E-state index contributed by atoms with van der Waals surface area (Å²) in [5.41, 5.74) is 0.931. The molecule has 0 atom stereocenters. The van der Waals surface area contributed by atoms with Gasteiger partial charge in [-0.25, -0.2) is 9.97 Å². The average molecular weight is 231 g/mol. The van der Waals surface area contributed by atoms with Crippen molar-refractivity contribution in [3.8, 4) is 0 Å². The maximum absolute atomic E-state index is 4.50. The van der Waals surface area contributed by atoms with Gasteiger partial charge in [-0.15, -0.1) is 0 Å². The second-order valence-electron chi connectivity index (χ2n) is 3.95. The van der Waals surface area contributed by atoms with E-state index in [4.69, 9.17) is 0 Å². The van der Waals surface area contributed by atoms with Crippen LogP contribution in [0.15, 0.2) is 24.8 Å². The highest BCUT2D eigenvalue weighted by molar-refractivity contribution is 5.32. The predicted octanol–water partition coefficient (Wildman–Crippen LogP) is 1.62. The zero-order valence-corrected chi connectivity index (χ0v) is 10.2. The highest BCUT2D eigenvalue weighted by Crippen LogP contribution is 2.07. The first kappa shape index (κ1) is 11.6. The molecule has 0 fully saturated rings. The molecule has 0 aromatic carbocycles. The zero-order chi connectivity index (χ0) is 12.1. The van der Waals surface area contributed by atoms with Crippen LogP contribution in [0.25, 0.3) is 0 Å². The summed E-state index contributed by atoms with van der Waals surface area (Å²) in [7, 11) is 1.98. The molecule has 2 aromatic heterocycles. The van der Waals surface area contributed by atoms with Crippen molar-refractivity contribution in [2.24, 2.45) is 7.05 Å². The highest BCUT2D eigenvalue weighted by atomic mass is 15.0. The molecule has 0 unspecified atom stereocenters. The Balaban J connectivity index is 2.08. The van der Waals surface area contributed by atoms with E-state index >= 15 is 0 Å². The normalized spacial score (nSPS) is 10.5. The Hall–Kier alpha value is -1.91. The molecular weight excluding hydrogens is 214 g/mol. The molecule has 0 saturated heterocycles. The Morgan fingerprint density at radius 3 is 2.94 bits per heavy atom. The third-order valence-electron chi connectivity index (χ3n) is 2.50. The van der Waals surface area contributed by atoms with E-state index in [0.29, 0.717) is 6.42 Å².